The lowest BCUT2D eigenvalue weighted by molar-refractivity contribution is 0.0933. The lowest BCUT2D eigenvalue weighted by atomic mass is 9.98. The molecule has 38 heavy (non-hydrogen) atoms. The second kappa shape index (κ2) is 12.2. The molecule has 3 heterocycles. The summed E-state index contributed by atoms with van der Waals surface area (Å²) >= 11 is 7.29. The van der Waals surface area contributed by atoms with Crippen molar-refractivity contribution in [2.75, 3.05) is 50.5 Å². The van der Waals surface area contributed by atoms with E-state index >= 15 is 0 Å². The molecule has 2 aliphatic heterocycles. The molecule has 0 bridgehead atoms. The number of hydrogen-bond acceptors (Lipinski definition) is 6. The first kappa shape index (κ1) is 26.6. The van der Waals surface area contributed by atoms with Gasteiger partial charge in [-0.15, -0.1) is 11.3 Å². The zero-order valence-electron chi connectivity index (χ0n) is 22.1. The van der Waals surface area contributed by atoms with Crippen LogP contribution in [0.5, 0.6) is 0 Å². The molecule has 3 aromatic rings. The maximum absolute atomic E-state index is 12.9. The van der Waals surface area contributed by atoms with Gasteiger partial charge in [0.2, 0.25) is 0 Å². The fourth-order valence-electron chi connectivity index (χ4n) is 5.15. The molecule has 0 aliphatic carbocycles. The predicted molar refractivity (Wildman–Crippen MR) is 160 cm³/mol. The Morgan fingerprint density at radius 2 is 1.79 bits per heavy atom. The van der Waals surface area contributed by atoms with Crippen LogP contribution in [-0.4, -0.2) is 72.1 Å². The van der Waals surface area contributed by atoms with Crippen LogP contribution in [-0.2, 0) is 6.54 Å². The summed E-state index contributed by atoms with van der Waals surface area (Å²) in [6.45, 7) is 4.57. The number of nitrogens with one attached hydrogen (secondary N) is 2. The van der Waals surface area contributed by atoms with Crippen molar-refractivity contribution in [3.63, 3.8) is 0 Å². The van der Waals surface area contributed by atoms with Gasteiger partial charge in [-0.2, -0.15) is 0 Å². The van der Waals surface area contributed by atoms with Gasteiger partial charge in [0.25, 0.3) is 5.91 Å². The van der Waals surface area contributed by atoms with Gasteiger partial charge in [0.1, 0.15) is 5.69 Å². The number of aromatic nitrogens is 1. The van der Waals surface area contributed by atoms with E-state index in [1.54, 1.807) is 11.3 Å². The highest BCUT2D eigenvalue weighted by molar-refractivity contribution is 7.80. The molecule has 2 aromatic carbocycles. The van der Waals surface area contributed by atoms with Crippen molar-refractivity contribution >= 4 is 45.9 Å². The van der Waals surface area contributed by atoms with Crippen molar-refractivity contribution in [3.8, 4) is 0 Å². The van der Waals surface area contributed by atoms with Crippen LogP contribution >= 0.6 is 23.6 Å². The van der Waals surface area contributed by atoms with Crippen molar-refractivity contribution in [2.45, 2.75) is 37.8 Å². The van der Waals surface area contributed by atoms with Crippen LogP contribution in [0.3, 0.4) is 0 Å². The standard InChI is InChI=1S/C29H36N6OS2/c1-33(2)25-10-8-23(9-11-25)31-29(37)35-16-12-22(13-17-35)28-32-26(20-38-28)27(36)30-24-14-15-34(19-24)18-21-6-4-3-5-7-21/h3-11,20,22,24H,12-19H2,1-2H3,(H,30,36)(H,31,37). The van der Waals surface area contributed by atoms with Gasteiger partial charge in [-0.05, 0) is 61.3 Å². The van der Waals surface area contributed by atoms with Gasteiger partial charge in [-0.1, -0.05) is 30.3 Å². The fourth-order valence-corrected chi connectivity index (χ4v) is 6.42. The lowest BCUT2D eigenvalue weighted by Crippen LogP contribution is -2.40. The molecule has 5 rings (SSSR count). The number of nitrogens with zero attached hydrogens (tertiary/aromatic N) is 4. The maximum Gasteiger partial charge on any atom is 0.271 e. The van der Waals surface area contributed by atoms with Gasteiger partial charge in [-0.25, -0.2) is 4.98 Å². The number of hydrogen-bond donors (Lipinski definition) is 2. The minimum atomic E-state index is -0.0536. The molecule has 1 atom stereocenters. The molecule has 2 N–H and O–H groups in total. The van der Waals surface area contributed by atoms with E-state index in [1.807, 2.05) is 25.5 Å². The Balaban J connectivity index is 1.07. The van der Waals surface area contributed by atoms with E-state index in [-0.39, 0.29) is 11.9 Å². The molecule has 2 aliphatic rings. The normalized spacial score (nSPS) is 18.4. The first-order valence-corrected chi connectivity index (χ1v) is 14.6. The van der Waals surface area contributed by atoms with Crippen LogP contribution in [0.15, 0.2) is 60.0 Å². The monoisotopic (exact) mass is 548 g/mol. The molecule has 1 aromatic heterocycles. The average molecular weight is 549 g/mol. The molecule has 0 spiro atoms. The van der Waals surface area contributed by atoms with Gasteiger partial charge in [0.05, 0.1) is 5.01 Å². The topological polar surface area (TPSA) is 63.7 Å². The first-order chi connectivity index (χ1) is 18.4. The van der Waals surface area contributed by atoms with Crippen LogP contribution in [0.1, 0.15) is 46.2 Å². The quantitative estimate of drug-likeness (QED) is 0.412. The minimum Gasteiger partial charge on any atom is -0.378 e. The number of amides is 1. The highest BCUT2D eigenvalue weighted by Gasteiger charge is 2.27. The van der Waals surface area contributed by atoms with Crippen molar-refractivity contribution in [1.29, 1.82) is 0 Å². The van der Waals surface area contributed by atoms with E-state index in [2.05, 4.69) is 73.9 Å². The summed E-state index contributed by atoms with van der Waals surface area (Å²) in [5, 5.41) is 10.3. The Hall–Kier alpha value is -3.01. The molecule has 9 heteroatoms. The number of piperidine rings is 1. The van der Waals surface area contributed by atoms with Crippen molar-refractivity contribution in [1.82, 2.24) is 20.1 Å². The van der Waals surface area contributed by atoms with E-state index in [0.717, 1.165) is 73.5 Å². The summed E-state index contributed by atoms with van der Waals surface area (Å²) in [5.41, 5.74) is 4.02. The zero-order chi connectivity index (χ0) is 26.5. The Labute approximate surface area is 234 Å². The third-order valence-electron chi connectivity index (χ3n) is 7.38. The second-order valence-electron chi connectivity index (χ2n) is 10.4. The highest BCUT2D eigenvalue weighted by atomic mass is 32.1. The fraction of sp³-hybridized carbons (Fsp3) is 0.414. The molecule has 2 fully saturated rings. The molecule has 200 valence electrons. The molecule has 7 nitrogen and oxygen atoms in total. The highest BCUT2D eigenvalue weighted by Crippen LogP contribution is 2.31. The first-order valence-electron chi connectivity index (χ1n) is 13.3. The zero-order valence-corrected chi connectivity index (χ0v) is 23.7. The average Bonchev–Trinajstić information content (AvgIpc) is 3.60. The molecule has 1 amide bonds. The largest absolute Gasteiger partial charge is 0.378 e. The molecule has 2 saturated heterocycles. The molecular formula is C29H36N6OS2. The van der Waals surface area contributed by atoms with Crippen molar-refractivity contribution in [2.24, 2.45) is 0 Å². The van der Waals surface area contributed by atoms with E-state index in [0.29, 0.717) is 11.6 Å². The van der Waals surface area contributed by atoms with Crippen LogP contribution in [0.25, 0.3) is 0 Å². The number of carbonyl (C=O) groups is 1. The van der Waals surface area contributed by atoms with Crippen LogP contribution in [0.2, 0.25) is 0 Å². The smallest absolute Gasteiger partial charge is 0.271 e. The number of benzene rings is 2. The summed E-state index contributed by atoms with van der Waals surface area (Å²) in [6.07, 6.45) is 2.93. The maximum atomic E-state index is 12.9. The van der Waals surface area contributed by atoms with E-state index in [1.165, 1.54) is 5.56 Å². The SMILES string of the molecule is CN(C)c1ccc(NC(=S)N2CCC(c3nc(C(=O)NC4CCN(Cc5ccccc5)C4)cs3)CC2)cc1. The lowest BCUT2D eigenvalue weighted by Gasteiger charge is -2.33. The minimum absolute atomic E-state index is 0.0536. The molecular weight excluding hydrogens is 512 g/mol. The van der Waals surface area contributed by atoms with E-state index < -0.39 is 0 Å². The van der Waals surface area contributed by atoms with Gasteiger partial charge in [0, 0.05) is 75.5 Å². The number of carbonyl (C=O) groups excluding carboxylic acids is 1. The number of rotatable bonds is 7. The third kappa shape index (κ3) is 6.70. The van der Waals surface area contributed by atoms with Crippen molar-refractivity contribution < 1.29 is 4.79 Å². The van der Waals surface area contributed by atoms with Crippen LogP contribution in [0.4, 0.5) is 11.4 Å². The van der Waals surface area contributed by atoms with Gasteiger partial charge in [0.15, 0.2) is 5.11 Å². The summed E-state index contributed by atoms with van der Waals surface area (Å²) < 4.78 is 0. The predicted octanol–water partition coefficient (Wildman–Crippen LogP) is 4.79. The Morgan fingerprint density at radius 1 is 1.05 bits per heavy atom. The second-order valence-corrected chi connectivity index (χ2v) is 11.7. The number of thiazole rings is 1. The van der Waals surface area contributed by atoms with E-state index in [9.17, 15) is 4.79 Å². The Kier molecular flexibility index (Phi) is 8.56. The number of likely N-dealkylation sites (tertiary alicyclic amines) is 2. The van der Waals surface area contributed by atoms with Gasteiger partial charge >= 0.3 is 0 Å². The Morgan fingerprint density at radius 3 is 2.50 bits per heavy atom. The third-order valence-corrected chi connectivity index (χ3v) is 8.75. The van der Waals surface area contributed by atoms with Crippen LogP contribution in [0, 0.1) is 0 Å². The van der Waals surface area contributed by atoms with E-state index in [4.69, 9.17) is 17.2 Å². The summed E-state index contributed by atoms with van der Waals surface area (Å²) in [5.74, 6) is 0.315. The summed E-state index contributed by atoms with van der Waals surface area (Å²) in [7, 11) is 4.07. The van der Waals surface area contributed by atoms with Crippen LogP contribution < -0.4 is 15.5 Å². The molecule has 0 radical (unpaired) electrons. The summed E-state index contributed by atoms with van der Waals surface area (Å²) in [6, 6.07) is 19.0. The molecule has 0 saturated carbocycles. The number of thiocarbonyl (C=S) groups is 1. The number of anilines is 2. The molecule has 1 unspecified atom stereocenters. The van der Waals surface area contributed by atoms with Gasteiger partial charge in [-0.3, -0.25) is 9.69 Å². The summed E-state index contributed by atoms with van der Waals surface area (Å²) in [4.78, 5) is 24.4. The van der Waals surface area contributed by atoms with Crippen molar-refractivity contribution in [3.05, 3.63) is 76.2 Å². The van der Waals surface area contributed by atoms with Gasteiger partial charge < -0.3 is 20.4 Å². The Bertz CT molecular complexity index is 1220.